The van der Waals surface area contributed by atoms with E-state index in [0.717, 1.165) is 66.5 Å². The van der Waals surface area contributed by atoms with E-state index in [0.29, 0.717) is 11.8 Å². The maximum atomic E-state index is 6.03. The highest BCUT2D eigenvalue weighted by atomic mass is 32.1. The molecule has 0 spiro atoms. The third kappa shape index (κ3) is 4.70. The van der Waals surface area contributed by atoms with Gasteiger partial charge in [-0.2, -0.15) is 0 Å². The van der Waals surface area contributed by atoms with Crippen LogP contribution in [0.25, 0.3) is 65.9 Å². The number of hydrogen-bond donors (Lipinski definition) is 0. The zero-order valence-electron chi connectivity index (χ0n) is 24.4. The Balaban J connectivity index is 1.09. The molecule has 0 bridgehead atoms. The van der Waals surface area contributed by atoms with E-state index in [4.69, 9.17) is 13.8 Å². The Morgan fingerprint density at radius 3 is 1.33 bits per heavy atom. The highest BCUT2D eigenvalue weighted by molar-refractivity contribution is 7.21. The second-order valence-corrected chi connectivity index (χ2v) is 12.0. The fourth-order valence-electron chi connectivity index (χ4n) is 5.69. The Bertz CT molecular complexity index is 2100. The summed E-state index contributed by atoms with van der Waals surface area (Å²) in [5.41, 5.74) is 10.2. The van der Waals surface area contributed by atoms with Crippen LogP contribution >= 0.6 is 11.3 Å². The fourth-order valence-corrected chi connectivity index (χ4v) is 6.66. The molecular formula is C39H24N4O2S. The maximum Gasteiger partial charge on any atom is 0.227 e. The van der Waals surface area contributed by atoms with E-state index in [-0.39, 0.29) is 0 Å². The summed E-state index contributed by atoms with van der Waals surface area (Å²) in [6.45, 7) is 0. The molecule has 0 saturated heterocycles. The molecule has 0 aliphatic carbocycles. The van der Waals surface area contributed by atoms with Gasteiger partial charge in [-0.05, 0) is 109 Å². The normalized spacial score (nSPS) is 11.5. The number of oxazole rings is 2. The van der Waals surface area contributed by atoms with Crippen LogP contribution in [0.2, 0.25) is 0 Å². The van der Waals surface area contributed by atoms with Crippen molar-refractivity contribution in [2.24, 2.45) is 0 Å². The number of anilines is 3. The molecule has 0 aliphatic heterocycles. The van der Waals surface area contributed by atoms with Gasteiger partial charge in [-0.25, -0.2) is 15.0 Å². The zero-order valence-corrected chi connectivity index (χ0v) is 25.2. The molecular weight excluding hydrogens is 589 g/mol. The van der Waals surface area contributed by atoms with Crippen molar-refractivity contribution in [3.63, 3.8) is 0 Å². The molecule has 0 unspecified atom stereocenters. The van der Waals surface area contributed by atoms with Crippen molar-refractivity contribution >= 4 is 60.8 Å². The third-order valence-electron chi connectivity index (χ3n) is 8.00. The van der Waals surface area contributed by atoms with Gasteiger partial charge in [-0.15, -0.1) is 11.3 Å². The summed E-state index contributed by atoms with van der Waals surface area (Å²) in [4.78, 5) is 16.5. The molecule has 9 rings (SSSR count). The Hall–Kier alpha value is -6.05. The van der Waals surface area contributed by atoms with Crippen LogP contribution in [-0.4, -0.2) is 15.0 Å². The van der Waals surface area contributed by atoms with Crippen LogP contribution in [0.15, 0.2) is 154 Å². The van der Waals surface area contributed by atoms with Crippen LogP contribution < -0.4 is 4.90 Å². The molecule has 7 heteroatoms. The van der Waals surface area contributed by atoms with Gasteiger partial charge < -0.3 is 13.7 Å². The Kier molecular flexibility index (Phi) is 6.21. The minimum Gasteiger partial charge on any atom is -0.436 e. The number of para-hydroxylation sites is 5. The molecule has 3 aromatic heterocycles. The molecule has 0 amide bonds. The van der Waals surface area contributed by atoms with Crippen molar-refractivity contribution < 1.29 is 8.83 Å². The standard InChI is InChI=1S/C39H24N4O2S/c1-4-10-34-31(7-1)40-37(44-34)25-13-19-28(20-14-25)43(29-21-15-26(16-22-29)38-41-32-8-2-5-11-35(32)45-38)30-23-17-27(18-24-30)39-42-33-9-3-6-12-36(33)46-39/h1-24H. The predicted octanol–water partition coefficient (Wildman–Crippen LogP) is 11.0. The summed E-state index contributed by atoms with van der Waals surface area (Å²) < 4.78 is 13.2. The minimum atomic E-state index is 0.599. The lowest BCUT2D eigenvalue weighted by atomic mass is 10.1. The van der Waals surface area contributed by atoms with Gasteiger partial charge in [0.1, 0.15) is 16.0 Å². The smallest absolute Gasteiger partial charge is 0.227 e. The first kappa shape index (κ1) is 26.4. The molecule has 3 heterocycles. The van der Waals surface area contributed by atoms with E-state index in [1.165, 1.54) is 4.70 Å². The van der Waals surface area contributed by atoms with Crippen molar-refractivity contribution in [3.05, 3.63) is 146 Å². The number of benzene rings is 6. The largest absolute Gasteiger partial charge is 0.436 e. The number of hydrogen-bond acceptors (Lipinski definition) is 7. The molecule has 218 valence electrons. The van der Waals surface area contributed by atoms with E-state index in [1.54, 1.807) is 11.3 Å². The van der Waals surface area contributed by atoms with Gasteiger partial charge in [0.15, 0.2) is 11.2 Å². The highest BCUT2D eigenvalue weighted by Gasteiger charge is 2.16. The third-order valence-corrected chi connectivity index (χ3v) is 9.08. The van der Waals surface area contributed by atoms with Gasteiger partial charge in [0.25, 0.3) is 0 Å². The van der Waals surface area contributed by atoms with E-state index < -0.39 is 0 Å². The van der Waals surface area contributed by atoms with E-state index in [1.807, 2.05) is 54.6 Å². The van der Waals surface area contributed by atoms with Crippen molar-refractivity contribution in [3.8, 4) is 33.5 Å². The summed E-state index contributed by atoms with van der Waals surface area (Å²) in [7, 11) is 0. The summed E-state index contributed by atoms with van der Waals surface area (Å²) in [5.74, 6) is 1.20. The lowest BCUT2D eigenvalue weighted by Crippen LogP contribution is -2.09. The molecule has 6 nitrogen and oxygen atoms in total. The zero-order chi connectivity index (χ0) is 30.5. The Labute approximate surface area is 267 Å². The lowest BCUT2D eigenvalue weighted by Gasteiger charge is -2.26. The van der Waals surface area contributed by atoms with E-state index in [2.05, 4.69) is 106 Å². The van der Waals surface area contributed by atoms with Gasteiger partial charge in [-0.3, -0.25) is 0 Å². The van der Waals surface area contributed by atoms with E-state index >= 15 is 0 Å². The van der Waals surface area contributed by atoms with Crippen LogP contribution in [0, 0.1) is 0 Å². The van der Waals surface area contributed by atoms with Gasteiger partial charge in [0.05, 0.1) is 10.2 Å². The number of nitrogens with zero attached hydrogens (tertiary/aromatic N) is 4. The van der Waals surface area contributed by atoms with Crippen molar-refractivity contribution in [2.75, 3.05) is 4.90 Å². The predicted molar refractivity (Wildman–Crippen MR) is 186 cm³/mol. The molecule has 0 aliphatic rings. The molecule has 0 atom stereocenters. The molecule has 0 fully saturated rings. The number of fused-ring (bicyclic) bond motifs is 3. The first-order valence-corrected chi connectivity index (χ1v) is 15.7. The topological polar surface area (TPSA) is 68.2 Å². The average molecular weight is 613 g/mol. The first-order chi connectivity index (χ1) is 22.7. The second-order valence-electron chi connectivity index (χ2n) is 10.9. The van der Waals surface area contributed by atoms with Crippen LogP contribution in [0.1, 0.15) is 0 Å². The summed E-state index contributed by atoms with van der Waals surface area (Å²) in [6, 6.07) is 49.0. The van der Waals surface area contributed by atoms with Gasteiger partial charge >= 0.3 is 0 Å². The van der Waals surface area contributed by atoms with Crippen molar-refractivity contribution in [1.29, 1.82) is 0 Å². The molecule has 6 aromatic carbocycles. The molecule has 46 heavy (non-hydrogen) atoms. The van der Waals surface area contributed by atoms with Crippen LogP contribution in [0.4, 0.5) is 17.1 Å². The van der Waals surface area contributed by atoms with Gasteiger partial charge in [0, 0.05) is 33.8 Å². The highest BCUT2D eigenvalue weighted by Crippen LogP contribution is 2.39. The molecule has 0 saturated carbocycles. The second kappa shape index (κ2) is 10.8. The number of aromatic nitrogens is 3. The average Bonchev–Trinajstić information content (AvgIpc) is 3.86. The fraction of sp³-hybridized carbons (Fsp3) is 0. The Morgan fingerprint density at radius 1 is 0.413 bits per heavy atom. The minimum absolute atomic E-state index is 0.599. The number of thiazole rings is 1. The summed E-state index contributed by atoms with van der Waals surface area (Å²) >= 11 is 1.70. The van der Waals surface area contributed by atoms with Gasteiger partial charge in [-0.1, -0.05) is 36.4 Å². The number of rotatable bonds is 6. The van der Waals surface area contributed by atoms with Crippen molar-refractivity contribution in [1.82, 2.24) is 15.0 Å². The SMILES string of the molecule is c1ccc2oc(-c3ccc(N(c4ccc(-c5nc6ccccc6o5)cc4)c4ccc(-c5nc6ccccc6s5)cc4)cc3)nc2c1. The Morgan fingerprint density at radius 2 is 0.848 bits per heavy atom. The van der Waals surface area contributed by atoms with Gasteiger partial charge in [0.2, 0.25) is 11.8 Å². The van der Waals surface area contributed by atoms with Crippen LogP contribution in [0.3, 0.4) is 0 Å². The van der Waals surface area contributed by atoms with Crippen LogP contribution in [0.5, 0.6) is 0 Å². The molecule has 9 aromatic rings. The lowest BCUT2D eigenvalue weighted by molar-refractivity contribution is 0.619. The van der Waals surface area contributed by atoms with Crippen LogP contribution in [-0.2, 0) is 0 Å². The maximum absolute atomic E-state index is 6.03. The molecule has 0 radical (unpaired) electrons. The first-order valence-electron chi connectivity index (χ1n) is 14.9. The van der Waals surface area contributed by atoms with E-state index in [9.17, 15) is 0 Å². The van der Waals surface area contributed by atoms with Crippen molar-refractivity contribution in [2.45, 2.75) is 0 Å². The quantitative estimate of drug-likeness (QED) is 0.186. The summed E-state index contributed by atoms with van der Waals surface area (Å²) in [6.07, 6.45) is 0. The monoisotopic (exact) mass is 612 g/mol. The molecule has 0 N–H and O–H groups in total. The summed E-state index contributed by atoms with van der Waals surface area (Å²) in [5, 5.41) is 1.00.